The van der Waals surface area contributed by atoms with Gasteiger partial charge in [-0.3, -0.25) is 0 Å². The number of aliphatic hydroxyl groups is 1. The van der Waals surface area contributed by atoms with Crippen molar-refractivity contribution in [2.75, 3.05) is 25.5 Å². The van der Waals surface area contributed by atoms with E-state index >= 15 is 0 Å². The first-order valence-corrected chi connectivity index (χ1v) is 11.1. The third kappa shape index (κ3) is 4.56. The molecule has 1 heterocycles. The Morgan fingerprint density at radius 2 is 2.12 bits per heavy atom. The molecule has 1 aliphatic carbocycles. The molecule has 1 aliphatic heterocycles. The Labute approximate surface area is 155 Å². The zero-order valence-corrected chi connectivity index (χ0v) is 16.0. The van der Waals surface area contributed by atoms with E-state index in [1.807, 2.05) is 6.92 Å². The van der Waals surface area contributed by atoms with Crippen LogP contribution in [0.15, 0.2) is 18.2 Å². The van der Waals surface area contributed by atoms with Gasteiger partial charge < -0.3 is 9.84 Å². The average molecular weight is 386 g/mol. The zero-order chi connectivity index (χ0) is 18.7. The molecule has 1 aromatic carbocycles. The molecule has 2 aliphatic rings. The van der Waals surface area contributed by atoms with Crippen molar-refractivity contribution in [3.63, 3.8) is 0 Å². The van der Waals surface area contributed by atoms with Crippen LogP contribution in [0.3, 0.4) is 0 Å². The first kappa shape index (κ1) is 19.6. The Morgan fingerprint density at radius 3 is 2.81 bits per heavy atom. The normalized spacial score (nSPS) is 22.5. The van der Waals surface area contributed by atoms with Gasteiger partial charge in [0, 0.05) is 19.2 Å². The first-order chi connectivity index (χ1) is 12.4. The first-order valence-electron chi connectivity index (χ1n) is 9.45. The van der Waals surface area contributed by atoms with Crippen LogP contribution in [0.4, 0.5) is 4.39 Å². The summed E-state index contributed by atoms with van der Waals surface area (Å²) in [5.74, 6) is 0.337. The minimum Gasteiger partial charge on any atom is -0.490 e. The number of sulfonamides is 1. The molecule has 7 heteroatoms. The van der Waals surface area contributed by atoms with E-state index in [-0.39, 0.29) is 42.3 Å². The Bertz CT molecular complexity index is 720. The van der Waals surface area contributed by atoms with E-state index in [1.54, 1.807) is 16.4 Å². The highest BCUT2D eigenvalue weighted by Gasteiger charge is 2.37. The molecule has 1 saturated carbocycles. The van der Waals surface area contributed by atoms with Crippen molar-refractivity contribution in [2.45, 2.75) is 51.0 Å². The molecule has 1 N–H and O–H groups in total. The van der Waals surface area contributed by atoms with Gasteiger partial charge in [0.15, 0.2) is 11.6 Å². The molecule has 0 bridgehead atoms. The second kappa shape index (κ2) is 8.23. The minimum atomic E-state index is -3.39. The van der Waals surface area contributed by atoms with Crippen LogP contribution in [0.25, 0.3) is 0 Å². The molecule has 2 fully saturated rings. The average Bonchev–Trinajstić information content (AvgIpc) is 3.31. The quantitative estimate of drug-likeness (QED) is 0.710. The summed E-state index contributed by atoms with van der Waals surface area (Å²) in [6.45, 7) is 2.91. The van der Waals surface area contributed by atoms with Gasteiger partial charge in [0.25, 0.3) is 0 Å². The summed E-state index contributed by atoms with van der Waals surface area (Å²) in [6, 6.07) is 4.72. The molecule has 0 aromatic heterocycles. The second-order valence-electron chi connectivity index (χ2n) is 7.45. The number of hydrogen-bond acceptors (Lipinski definition) is 4. The number of nitrogens with zero attached hydrogens (tertiary/aromatic N) is 1. The van der Waals surface area contributed by atoms with Crippen molar-refractivity contribution in [3.8, 4) is 5.75 Å². The van der Waals surface area contributed by atoms with E-state index < -0.39 is 10.0 Å². The van der Waals surface area contributed by atoms with E-state index in [0.29, 0.717) is 19.1 Å². The van der Waals surface area contributed by atoms with Gasteiger partial charge in [0.1, 0.15) is 0 Å². The summed E-state index contributed by atoms with van der Waals surface area (Å²) >= 11 is 0. The van der Waals surface area contributed by atoms with E-state index in [0.717, 1.165) is 31.2 Å². The van der Waals surface area contributed by atoms with Crippen molar-refractivity contribution in [1.82, 2.24) is 4.31 Å². The van der Waals surface area contributed by atoms with Gasteiger partial charge in [-0.2, -0.15) is 4.31 Å². The maximum absolute atomic E-state index is 14.0. The summed E-state index contributed by atoms with van der Waals surface area (Å²) in [5, 5.41) is 8.94. The fourth-order valence-corrected chi connectivity index (χ4v) is 5.44. The Kier molecular flexibility index (Phi) is 6.20. The second-order valence-corrected chi connectivity index (χ2v) is 9.49. The van der Waals surface area contributed by atoms with Crippen LogP contribution >= 0.6 is 0 Å². The van der Waals surface area contributed by atoms with Gasteiger partial charge in [-0.15, -0.1) is 0 Å². The van der Waals surface area contributed by atoms with Gasteiger partial charge in [-0.05, 0) is 61.6 Å². The molecule has 3 rings (SSSR count). The number of ether oxygens (including phenoxy) is 1. The number of halogens is 1. The lowest BCUT2D eigenvalue weighted by Gasteiger charge is -2.29. The molecule has 146 valence electrons. The molecule has 0 amide bonds. The molecule has 5 nitrogen and oxygen atoms in total. The van der Waals surface area contributed by atoms with E-state index in [1.165, 1.54) is 6.07 Å². The summed E-state index contributed by atoms with van der Waals surface area (Å²) in [5.41, 5.74) is 0.895. The lowest BCUT2D eigenvalue weighted by molar-refractivity contribution is 0.284. The van der Waals surface area contributed by atoms with Crippen LogP contribution in [0.2, 0.25) is 0 Å². The van der Waals surface area contributed by atoms with Gasteiger partial charge in [-0.25, -0.2) is 12.8 Å². The van der Waals surface area contributed by atoms with Crippen LogP contribution in [0, 0.1) is 11.7 Å². The Balaban J connectivity index is 1.74. The van der Waals surface area contributed by atoms with Crippen LogP contribution in [0.1, 0.15) is 50.5 Å². The predicted molar refractivity (Wildman–Crippen MR) is 98.3 cm³/mol. The van der Waals surface area contributed by atoms with E-state index in [2.05, 4.69) is 0 Å². The van der Waals surface area contributed by atoms with Crippen LogP contribution < -0.4 is 4.74 Å². The SMILES string of the molecule is CC(c1ccc(F)c(OCC2CC2)c1)C1CCCN1S(=O)(=O)CCCO. The zero-order valence-electron chi connectivity index (χ0n) is 15.2. The van der Waals surface area contributed by atoms with Gasteiger partial charge in [-0.1, -0.05) is 13.0 Å². The van der Waals surface area contributed by atoms with Crippen molar-refractivity contribution in [1.29, 1.82) is 0 Å². The summed E-state index contributed by atoms with van der Waals surface area (Å²) < 4.78 is 46.4. The van der Waals surface area contributed by atoms with Crippen molar-refractivity contribution in [3.05, 3.63) is 29.6 Å². The number of aliphatic hydroxyl groups excluding tert-OH is 1. The molecule has 0 radical (unpaired) electrons. The van der Waals surface area contributed by atoms with Crippen LogP contribution in [-0.4, -0.2) is 49.4 Å². The minimum absolute atomic E-state index is 0.0358. The lowest BCUT2D eigenvalue weighted by atomic mass is 9.92. The van der Waals surface area contributed by atoms with E-state index in [9.17, 15) is 12.8 Å². The van der Waals surface area contributed by atoms with Gasteiger partial charge in [0.2, 0.25) is 10.0 Å². The van der Waals surface area contributed by atoms with Gasteiger partial charge in [0.05, 0.1) is 12.4 Å². The summed E-state index contributed by atoms with van der Waals surface area (Å²) in [7, 11) is -3.39. The molecule has 1 saturated heterocycles. The molecule has 26 heavy (non-hydrogen) atoms. The highest BCUT2D eigenvalue weighted by molar-refractivity contribution is 7.89. The highest BCUT2D eigenvalue weighted by atomic mass is 32.2. The fraction of sp³-hybridized carbons (Fsp3) is 0.684. The standard InChI is InChI=1S/C19H28FNO4S/c1-14(18-4-2-9-21(18)26(23,24)11-3-10-22)16-7-8-17(20)19(12-16)25-13-15-5-6-15/h7-8,12,14-15,18,22H,2-6,9-11,13H2,1H3. The topological polar surface area (TPSA) is 66.8 Å². The van der Waals surface area contributed by atoms with Crippen molar-refractivity contribution < 1.29 is 22.7 Å². The molecule has 2 atom stereocenters. The number of benzene rings is 1. The maximum Gasteiger partial charge on any atom is 0.214 e. The molecule has 0 spiro atoms. The van der Waals surface area contributed by atoms with Crippen LogP contribution in [-0.2, 0) is 10.0 Å². The lowest BCUT2D eigenvalue weighted by Crippen LogP contribution is -2.40. The molecular formula is C19H28FNO4S. The predicted octanol–water partition coefficient (Wildman–Crippen LogP) is 2.89. The summed E-state index contributed by atoms with van der Waals surface area (Å²) in [4.78, 5) is 0. The monoisotopic (exact) mass is 385 g/mol. The molecule has 2 unspecified atom stereocenters. The third-order valence-corrected chi connectivity index (χ3v) is 7.37. The Hall–Kier alpha value is -1.18. The number of rotatable bonds is 9. The Morgan fingerprint density at radius 1 is 1.35 bits per heavy atom. The fourth-order valence-electron chi connectivity index (χ4n) is 3.60. The molecular weight excluding hydrogens is 357 g/mol. The number of hydrogen-bond donors (Lipinski definition) is 1. The van der Waals surface area contributed by atoms with Crippen molar-refractivity contribution in [2.24, 2.45) is 5.92 Å². The maximum atomic E-state index is 14.0. The third-order valence-electron chi connectivity index (χ3n) is 5.40. The van der Waals surface area contributed by atoms with Crippen molar-refractivity contribution >= 4 is 10.0 Å². The smallest absolute Gasteiger partial charge is 0.214 e. The van der Waals surface area contributed by atoms with Gasteiger partial charge >= 0.3 is 0 Å². The highest BCUT2D eigenvalue weighted by Crippen LogP contribution is 2.36. The largest absolute Gasteiger partial charge is 0.490 e. The molecule has 1 aromatic rings. The van der Waals surface area contributed by atoms with E-state index in [4.69, 9.17) is 9.84 Å². The van der Waals surface area contributed by atoms with Crippen LogP contribution in [0.5, 0.6) is 5.75 Å². The summed E-state index contributed by atoms with van der Waals surface area (Å²) in [6.07, 6.45) is 4.13.